The van der Waals surface area contributed by atoms with Crippen molar-refractivity contribution < 1.29 is 19.0 Å². The molecule has 0 aliphatic carbocycles. The molecule has 5 nitrogen and oxygen atoms in total. The van der Waals surface area contributed by atoms with Gasteiger partial charge in [-0.3, -0.25) is 4.79 Å². The van der Waals surface area contributed by atoms with E-state index in [0.717, 1.165) is 43.7 Å². The van der Waals surface area contributed by atoms with Crippen molar-refractivity contribution in [1.29, 1.82) is 0 Å². The lowest BCUT2D eigenvalue weighted by Crippen LogP contribution is -2.39. The van der Waals surface area contributed by atoms with Gasteiger partial charge in [0.2, 0.25) is 5.91 Å². The number of piperidine rings is 1. The first kappa shape index (κ1) is 22.0. The number of hydrogen-bond acceptors (Lipinski definition) is 4. The molecule has 1 saturated heterocycles. The molecule has 3 rings (SSSR count). The number of rotatable bonds is 9. The van der Waals surface area contributed by atoms with E-state index < -0.39 is 0 Å². The summed E-state index contributed by atoms with van der Waals surface area (Å²) in [6.45, 7) is 4.39. The molecule has 1 heterocycles. The second-order valence-corrected chi connectivity index (χ2v) is 7.81. The molecule has 1 amide bonds. The number of carbonyl (C=O) groups is 1. The molecule has 0 unspecified atom stereocenters. The SMILES string of the molecule is CCOc1ccc(CCC2CCN(C(=O)Cc3ccc(OC)c(OC)c3)CC2)cc1. The highest BCUT2D eigenvalue weighted by Gasteiger charge is 2.23. The largest absolute Gasteiger partial charge is 0.494 e. The minimum atomic E-state index is 0.187. The van der Waals surface area contributed by atoms with Gasteiger partial charge in [-0.25, -0.2) is 0 Å². The van der Waals surface area contributed by atoms with E-state index >= 15 is 0 Å². The molecular weight excluding hydrogens is 378 g/mol. The quantitative estimate of drug-likeness (QED) is 0.609. The molecule has 0 bridgehead atoms. The molecule has 162 valence electrons. The van der Waals surface area contributed by atoms with Crippen molar-refractivity contribution >= 4 is 5.91 Å². The van der Waals surface area contributed by atoms with Gasteiger partial charge in [-0.1, -0.05) is 18.2 Å². The summed E-state index contributed by atoms with van der Waals surface area (Å²) in [5.74, 6) is 3.15. The number of benzene rings is 2. The van der Waals surface area contributed by atoms with Crippen LogP contribution >= 0.6 is 0 Å². The van der Waals surface area contributed by atoms with Crippen molar-refractivity contribution in [1.82, 2.24) is 4.90 Å². The molecule has 0 N–H and O–H groups in total. The molecule has 0 radical (unpaired) electrons. The van der Waals surface area contributed by atoms with Crippen LogP contribution in [0, 0.1) is 5.92 Å². The number of amides is 1. The van der Waals surface area contributed by atoms with E-state index in [1.165, 1.54) is 12.0 Å². The summed E-state index contributed by atoms with van der Waals surface area (Å²) < 4.78 is 16.1. The first-order valence-corrected chi connectivity index (χ1v) is 10.8. The van der Waals surface area contributed by atoms with Gasteiger partial charge >= 0.3 is 0 Å². The zero-order valence-corrected chi connectivity index (χ0v) is 18.4. The van der Waals surface area contributed by atoms with E-state index in [4.69, 9.17) is 14.2 Å². The third-order valence-electron chi connectivity index (χ3n) is 5.85. The molecule has 2 aromatic carbocycles. The number of aryl methyl sites for hydroxylation is 1. The Balaban J connectivity index is 1.44. The molecular formula is C25H33NO4. The Morgan fingerprint density at radius 2 is 1.63 bits per heavy atom. The van der Waals surface area contributed by atoms with Gasteiger partial charge in [-0.15, -0.1) is 0 Å². The van der Waals surface area contributed by atoms with Crippen LogP contribution < -0.4 is 14.2 Å². The topological polar surface area (TPSA) is 48.0 Å². The van der Waals surface area contributed by atoms with Crippen LogP contribution in [0.25, 0.3) is 0 Å². The number of hydrogen-bond donors (Lipinski definition) is 0. The molecule has 1 aliphatic heterocycles. The highest BCUT2D eigenvalue weighted by Crippen LogP contribution is 2.28. The average molecular weight is 412 g/mol. The van der Waals surface area contributed by atoms with E-state index in [1.54, 1.807) is 14.2 Å². The highest BCUT2D eigenvalue weighted by atomic mass is 16.5. The maximum absolute atomic E-state index is 12.7. The summed E-state index contributed by atoms with van der Waals surface area (Å²) in [5.41, 5.74) is 2.31. The Labute approximate surface area is 179 Å². The fraction of sp³-hybridized carbons (Fsp3) is 0.480. The predicted octanol–water partition coefficient (Wildman–Crippen LogP) is 4.52. The maximum atomic E-state index is 12.7. The zero-order valence-electron chi connectivity index (χ0n) is 18.4. The Morgan fingerprint density at radius 3 is 2.27 bits per heavy atom. The Morgan fingerprint density at radius 1 is 0.967 bits per heavy atom. The van der Waals surface area contributed by atoms with Gasteiger partial charge in [0.25, 0.3) is 0 Å². The molecule has 0 aromatic heterocycles. The molecule has 0 saturated carbocycles. The van der Waals surface area contributed by atoms with E-state index in [-0.39, 0.29) is 5.91 Å². The van der Waals surface area contributed by atoms with Gasteiger partial charge in [0.05, 0.1) is 27.2 Å². The zero-order chi connectivity index (χ0) is 21.3. The lowest BCUT2D eigenvalue weighted by molar-refractivity contribution is -0.131. The average Bonchev–Trinajstić information content (AvgIpc) is 2.79. The number of nitrogens with zero attached hydrogens (tertiary/aromatic N) is 1. The summed E-state index contributed by atoms with van der Waals surface area (Å²) in [5, 5.41) is 0. The fourth-order valence-corrected chi connectivity index (χ4v) is 4.04. The van der Waals surface area contributed by atoms with Gasteiger partial charge in [0.1, 0.15) is 5.75 Å². The summed E-state index contributed by atoms with van der Waals surface area (Å²) in [6, 6.07) is 14.1. The van der Waals surface area contributed by atoms with Crippen molar-refractivity contribution in [2.75, 3.05) is 33.9 Å². The highest BCUT2D eigenvalue weighted by molar-refractivity contribution is 5.79. The summed E-state index contributed by atoms with van der Waals surface area (Å²) in [6.07, 6.45) is 4.81. The number of methoxy groups -OCH3 is 2. The number of likely N-dealkylation sites (tertiary alicyclic amines) is 1. The monoisotopic (exact) mass is 411 g/mol. The molecule has 30 heavy (non-hydrogen) atoms. The van der Waals surface area contributed by atoms with Crippen molar-refractivity contribution in [3.05, 3.63) is 53.6 Å². The predicted molar refractivity (Wildman–Crippen MR) is 118 cm³/mol. The van der Waals surface area contributed by atoms with Gasteiger partial charge in [0.15, 0.2) is 11.5 Å². The van der Waals surface area contributed by atoms with E-state index in [1.807, 2.05) is 42.2 Å². The third kappa shape index (κ3) is 5.91. The first-order valence-electron chi connectivity index (χ1n) is 10.8. The van der Waals surface area contributed by atoms with Crippen molar-refractivity contribution in [3.63, 3.8) is 0 Å². The van der Waals surface area contributed by atoms with Crippen molar-refractivity contribution in [3.8, 4) is 17.2 Å². The van der Waals surface area contributed by atoms with Crippen LogP contribution in [0.15, 0.2) is 42.5 Å². The molecule has 1 aliphatic rings. The number of carbonyl (C=O) groups excluding carboxylic acids is 1. The van der Waals surface area contributed by atoms with Crippen molar-refractivity contribution in [2.24, 2.45) is 5.92 Å². The van der Waals surface area contributed by atoms with E-state index in [2.05, 4.69) is 12.1 Å². The third-order valence-corrected chi connectivity index (χ3v) is 5.85. The number of ether oxygens (including phenoxy) is 3. The van der Waals surface area contributed by atoms with Crippen LogP contribution in [0.4, 0.5) is 0 Å². The Bertz CT molecular complexity index is 810. The second-order valence-electron chi connectivity index (χ2n) is 7.81. The molecule has 0 spiro atoms. The van der Waals surface area contributed by atoms with Crippen molar-refractivity contribution in [2.45, 2.75) is 39.0 Å². The molecule has 1 fully saturated rings. The van der Waals surface area contributed by atoms with Crippen LogP contribution in [-0.2, 0) is 17.6 Å². The minimum absolute atomic E-state index is 0.187. The Kier molecular flexibility index (Phi) is 8.00. The normalized spacial score (nSPS) is 14.4. The van der Waals surface area contributed by atoms with Crippen LogP contribution in [0.5, 0.6) is 17.2 Å². The smallest absolute Gasteiger partial charge is 0.226 e. The van der Waals surface area contributed by atoms with E-state index in [9.17, 15) is 4.79 Å². The van der Waals surface area contributed by atoms with Crippen LogP contribution in [0.2, 0.25) is 0 Å². The Hall–Kier alpha value is -2.69. The van der Waals surface area contributed by atoms with Crippen LogP contribution in [-0.4, -0.2) is 44.7 Å². The molecule has 2 aromatic rings. The molecule has 0 atom stereocenters. The molecule has 5 heteroatoms. The minimum Gasteiger partial charge on any atom is -0.494 e. The lowest BCUT2D eigenvalue weighted by atomic mass is 9.90. The standard InChI is InChI=1S/C25H33NO4/c1-4-30-22-10-7-19(8-11-22)5-6-20-13-15-26(16-14-20)25(27)18-21-9-12-23(28-2)24(17-21)29-3/h7-12,17,20H,4-6,13-16,18H2,1-3H3. The van der Waals surface area contributed by atoms with Crippen LogP contribution in [0.3, 0.4) is 0 Å². The van der Waals surface area contributed by atoms with Gasteiger partial charge < -0.3 is 19.1 Å². The summed E-state index contributed by atoms with van der Waals surface area (Å²) >= 11 is 0. The summed E-state index contributed by atoms with van der Waals surface area (Å²) in [7, 11) is 3.23. The first-order chi connectivity index (χ1) is 14.6. The lowest BCUT2D eigenvalue weighted by Gasteiger charge is -2.32. The fourth-order valence-electron chi connectivity index (χ4n) is 4.04. The van der Waals surface area contributed by atoms with Gasteiger partial charge in [-0.2, -0.15) is 0 Å². The maximum Gasteiger partial charge on any atom is 0.226 e. The van der Waals surface area contributed by atoms with Gasteiger partial charge in [-0.05, 0) is 73.9 Å². The van der Waals surface area contributed by atoms with E-state index in [0.29, 0.717) is 30.4 Å². The summed E-state index contributed by atoms with van der Waals surface area (Å²) in [4.78, 5) is 14.7. The van der Waals surface area contributed by atoms with Crippen LogP contribution in [0.1, 0.15) is 37.3 Å². The second kappa shape index (κ2) is 10.9. The van der Waals surface area contributed by atoms with Gasteiger partial charge in [0, 0.05) is 13.1 Å².